The van der Waals surface area contributed by atoms with E-state index >= 15 is 0 Å². The maximum absolute atomic E-state index is 13.8. The Kier molecular flexibility index (Phi) is 8.61. The molecule has 8 nitrogen and oxygen atoms in total. The van der Waals surface area contributed by atoms with Crippen LogP contribution in [0, 0.1) is 11.3 Å². The van der Waals surface area contributed by atoms with Crippen LogP contribution >= 0.6 is 11.3 Å². The van der Waals surface area contributed by atoms with Crippen molar-refractivity contribution in [1.82, 2.24) is 15.1 Å². The first kappa shape index (κ1) is 29.0. The summed E-state index contributed by atoms with van der Waals surface area (Å²) >= 11 is 1.38. The van der Waals surface area contributed by atoms with Crippen molar-refractivity contribution in [2.75, 3.05) is 13.1 Å². The minimum absolute atomic E-state index is 0.0333. The lowest BCUT2D eigenvalue weighted by Gasteiger charge is -2.30. The van der Waals surface area contributed by atoms with E-state index in [9.17, 15) is 19.2 Å². The van der Waals surface area contributed by atoms with Gasteiger partial charge >= 0.3 is 0 Å². The van der Waals surface area contributed by atoms with Gasteiger partial charge in [0.25, 0.3) is 5.91 Å². The number of hydrogen-bond acceptors (Lipinski definition) is 6. The summed E-state index contributed by atoms with van der Waals surface area (Å²) in [5.74, 6) is -0.819. The van der Waals surface area contributed by atoms with E-state index in [0.717, 1.165) is 10.4 Å². The second kappa shape index (κ2) is 11.6. The van der Waals surface area contributed by atoms with Crippen LogP contribution in [0.3, 0.4) is 0 Å². The second-order valence-electron chi connectivity index (χ2n) is 12.3. The van der Waals surface area contributed by atoms with Gasteiger partial charge in [-0.15, -0.1) is 11.3 Å². The van der Waals surface area contributed by atoms with Crippen LogP contribution in [-0.4, -0.2) is 70.6 Å². The number of thiophene rings is 1. The Morgan fingerprint density at radius 1 is 1.05 bits per heavy atom. The van der Waals surface area contributed by atoms with Gasteiger partial charge in [0.2, 0.25) is 11.8 Å². The van der Waals surface area contributed by atoms with Crippen molar-refractivity contribution < 1.29 is 19.2 Å². The van der Waals surface area contributed by atoms with E-state index in [1.807, 2.05) is 71.0 Å². The average Bonchev–Trinajstić information content (AvgIpc) is 3.59. The topological polar surface area (TPSA) is 113 Å². The van der Waals surface area contributed by atoms with Crippen LogP contribution < -0.4 is 11.1 Å². The number of benzene rings is 1. The van der Waals surface area contributed by atoms with Crippen LogP contribution in [0.5, 0.6) is 0 Å². The molecule has 0 radical (unpaired) electrons. The van der Waals surface area contributed by atoms with E-state index in [1.165, 1.54) is 11.3 Å². The van der Waals surface area contributed by atoms with Crippen molar-refractivity contribution in [3.05, 3.63) is 47.3 Å². The fourth-order valence-electron chi connectivity index (χ4n) is 5.66. The molecule has 1 aromatic carbocycles. The number of likely N-dealkylation sites (tertiary alicyclic amines) is 2. The van der Waals surface area contributed by atoms with E-state index < -0.39 is 18.1 Å². The molecule has 1 aromatic heterocycles. The monoisotopic (exact) mass is 552 g/mol. The number of amides is 3. The second-order valence-corrected chi connectivity index (χ2v) is 13.4. The third-order valence-electron chi connectivity index (χ3n) is 7.34. The number of nitrogens with zero attached hydrogens (tertiary/aromatic N) is 2. The number of Topliss-reactive ketones (excluding diaryl/α,β-unsaturated/α-hetero) is 1. The Bertz CT molecular complexity index is 1220. The molecule has 3 N–H and O–H groups in total. The van der Waals surface area contributed by atoms with Crippen LogP contribution in [0.1, 0.15) is 63.6 Å². The summed E-state index contributed by atoms with van der Waals surface area (Å²) < 4.78 is 0. The van der Waals surface area contributed by atoms with E-state index in [1.54, 1.807) is 15.9 Å². The summed E-state index contributed by atoms with van der Waals surface area (Å²) in [5.41, 5.74) is 7.13. The lowest BCUT2D eigenvalue weighted by molar-refractivity contribution is -0.138. The largest absolute Gasteiger partial charge is 0.340 e. The van der Waals surface area contributed by atoms with Gasteiger partial charge in [0, 0.05) is 11.4 Å². The highest BCUT2D eigenvalue weighted by Gasteiger charge is 2.52. The molecule has 4 rings (SSSR count). The summed E-state index contributed by atoms with van der Waals surface area (Å²) in [7, 11) is 0. The van der Waals surface area contributed by atoms with Crippen LogP contribution in [0.15, 0.2) is 42.5 Å². The molecule has 3 amide bonds. The molecule has 2 saturated heterocycles. The van der Waals surface area contributed by atoms with Gasteiger partial charge in [-0.1, -0.05) is 65.0 Å². The highest BCUT2D eigenvalue weighted by Crippen LogP contribution is 2.33. The van der Waals surface area contributed by atoms with Gasteiger partial charge in [-0.25, -0.2) is 0 Å². The van der Waals surface area contributed by atoms with E-state index in [2.05, 4.69) is 5.32 Å². The summed E-state index contributed by atoms with van der Waals surface area (Å²) in [6.07, 6.45) is 1.47. The number of carbonyl (C=O) groups excluding carboxylic acids is 4. The van der Waals surface area contributed by atoms with Crippen LogP contribution in [0.4, 0.5) is 0 Å². The average molecular weight is 553 g/mol. The van der Waals surface area contributed by atoms with Crippen LogP contribution in [0.2, 0.25) is 0 Å². The van der Waals surface area contributed by atoms with Gasteiger partial charge in [-0.2, -0.15) is 0 Å². The molecule has 39 heavy (non-hydrogen) atoms. The molecule has 2 aromatic rings. The van der Waals surface area contributed by atoms with Gasteiger partial charge in [-0.3, -0.25) is 19.2 Å². The smallest absolute Gasteiger partial charge is 0.262 e. The first-order chi connectivity index (χ1) is 18.4. The van der Waals surface area contributed by atoms with Gasteiger partial charge in [0.15, 0.2) is 5.78 Å². The third-order valence-corrected chi connectivity index (χ3v) is 8.47. The molecule has 0 bridgehead atoms. The number of rotatable bonds is 8. The van der Waals surface area contributed by atoms with Crippen LogP contribution in [-0.2, 0) is 14.4 Å². The summed E-state index contributed by atoms with van der Waals surface area (Å²) in [4.78, 5) is 57.9. The Morgan fingerprint density at radius 2 is 1.74 bits per heavy atom. The number of nitrogens with one attached hydrogen (secondary N) is 1. The Hall–Kier alpha value is -3.04. The summed E-state index contributed by atoms with van der Waals surface area (Å²) in [6.45, 7) is 10.4. The first-order valence-corrected chi connectivity index (χ1v) is 14.5. The van der Waals surface area contributed by atoms with Gasteiger partial charge < -0.3 is 20.9 Å². The highest BCUT2D eigenvalue weighted by molar-refractivity contribution is 7.17. The van der Waals surface area contributed by atoms with Crippen molar-refractivity contribution in [1.29, 1.82) is 0 Å². The lowest BCUT2D eigenvalue weighted by atomic mass is 9.88. The normalized spacial score (nSPS) is 20.7. The molecule has 4 unspecified atom stereocenters. The number of ketones is 1. The van der Waals surface area contributed by atoms with Crippen molar-refractivity contribution in [2.45, 2.75) is 78.0 Å². The van der Waals surface area contributed by atoms with Crippen molar-refractivity contribution >= 4 is 34.8 Å². The maximum Gasteiger partial charge on any atom is 0.262 e. The molecule has 0 spiro atoms. The maximum atomic E-state index is 13.8. The molecular formula is C30H40N4O4S. The highest BCUT2D eigenvalue weighted by atomic mass is 32.1. The predicted octanol–water partition coefficient (Wildman–Crippen LogP) is 3.70. The first-order valence-electron chi connectivity index (χ1n) is 13.7. The molecule has 9 heteroatoms. The minimum Gasteiger partial charge on any atom is -0.340 e. The SMILES string of the molecule is CC(C)CC(NC(=O)c1ccc(-c2ccccc2)s1)C(=O)N1CCC2C1C(=O)CN2C(=O)C(N)CC(C)(C)C. The number of nitrogens with two attached hydrogens (primary N) is 1. The molecule has 2 aliphatic rings. The summed E-state index contributed by atoms with van der Waals surface area (Å²) in [5, 5.41) is 2.95. The number of carbonyl (C=O) groups is 4. The zero-order valence-corrected chi connectivity index (χ0v) is 24.3. The third kappa shape index (κ3) is 6.58. The Balaban J connectivity index is 1.47. The van der Waals surface area contributed by atoms with Crippen LogP contribution in [0.25, 0.3) is 10.4 Å². The van der Waals surface area contributed by atoms with Gasteiger partial charge in [-0.05, 0) is 48.3 Å². The molecule has 0 aliphatic carbocycles. The van der Waals surface area contributed by atoms with Gasteiger partial charge in [0.05, 0.1) is 23.5 Å². The fourth-order valence-corrected chi connectivity index (χ4v) is 6.57. The standard InChI is InChI=1S/C30H40N4O4S/c1-18(2)15-21(32-27(36)25-12-11-24(39-25)19-9-7-6-8-10-19)29(38)33-14-13-22-26(33)23(35)17-34(22)28(37)20(31)16-30(3,4)5/h6-12,18,20-22,26H,13-17,31H2,1-5H3,(H,32,36). The van der Waals surface area contributed by atoms with Gasteiger partial charge in [0.1, 0.15) is 12.1 Å². The number of fused-ring (bicyclic) bond motifs is 1. The fraction of sp³-hybridized carbons (Fsp3) is 0.533. The predicted molar refractivity (Wildman–Crippen MR) is 153 cm³/mol. The van der Waals surface area contributed by atoms with Crippen molar-refractivity contribution in [2.24, 2.45) is 17.1 Å². The zero-order valence-electron chi connectivity index (χ0n) is 23.5. The molecule has 2 aliphatic heterocycles. The van der Waals surface area contributed by atoms with Crippen molar-refractivity contribution in [3.8, 4) is 10.4 Å². The molecule has 0 saturated carbocycles. The Labute approximate surface area is 234 Å². The quantitative estimate of drug-likeness (QED) is 0.519. The molecule has 2 fully saturated rings. The summed E-state index contributed by atoms with van der Waals surface area (Å²) in [6, 6.07) is 11.0. The van der Waals surface area contributed by atoms with E-state index in [4.69, 9.17) is 5.73 Å². The van der Waals surface area contributed by atoms with Crippen molar-refractivity contribution in [3.63, 3.8) is 0 Å². The lowest BCUT2D eigenvalue weighted by Crippen LogP contribution is -2.53. The zero-order chi connectivity index (χ0) is 28.5. The number of hydrogen-bond donors (Lipinski definition) is 2. The minimum atomic E-state index is -0.765. The van der Waals surface area contributed by atoms with E-state index in [-0.39, 0.29) is 47.4 Å². The molecule has 3 heterocycles. The molecular weight excluding hydrogens is 512 g/mol. The molecule has 210 valence electrons. The van der Waals surface area contributed by atoms with E-state index in [0.29, 0.717) is 30.7 Å². The Morgan fingerprint density at radius 3 is 2.38 bits per heavy atom. The molecule has 4 atom stereocenters.